The van der Waals surface area contributed by atoms with Crippen molar-refractivity contribution in [1.82, 2.24) is 10.2 Å². The summed E-state index contributed by atoms with van der Waals surface area (Å²) in [5, 5.41) is 3.37. The van der Waals surface area contributed by atoms with Crippen molar-refractivity contribution in [3.63, 3.8) is 0 Å². The zero-order chi connectivity index (χ0) is 13.5. The van der Waals surface area contributed by atoms with E-state index in [1.54, 1.807) is 0 Å². The van der Waals surface area contributed by atoms with E-state index in [1.807, 2.05) is 11.8 Å². The van der Waals surface area contributed by atoms with Crippen LogP contribution in [0.2, 0.25) is 0 Å². The van der Waals surface area contributed by atoms with Crippen molar-refractivity contribution in [3.8, 4) is 0 Å². The Labute approximate surface area is 111 Å². The van der Waals surface area contributed by atoms with Crippen LogP contribution < -0.4 is 5.32 Å². The summed E-state index contributed by atoms with van der Waals surface area (Å²) in [7, 11) is 0. The molecule has 1 aliphatic heterocycles. The first kappa shape index (κ1) is 15.4. The smallest absolute Gasteiger partial charge is 0.240 e. The Morgan fingerprint density at radius 1 is 1.39 bits per heavy atom. The SMILES string of the molecule is CCCOCCCN1C(=O)C(C)NC1CC(C)C. The first-order valence-corrected chi connectivity index (χ1v) is 7.20. The molecule has 0 radical (unpaired) electrons. The lowest BCUT2D eigenvalue weighted by molar-refractivity contribution is -0.130. The Hall–Kier alpha value is -0.610. The van der Waals surface area contributed by atoms with Gasteiger partial charge >= 0.3 is 0 Å². The fraction of sp³-hybridized carbons (Fsp3) is 0.929. The van der Waals surface area contributed by atoms with E-state index in [9.17, 15) is 4.79 Å². The molecule has 0 aromatic carbocycles. The van der Waals surface area contributed by atoms with E-state index in [0.717, 1.165) is 39.0 Å². The second-order valence-corrected chi connectivity index (χ2v) is 5.53. The van der Waals surface area contributed by atoms with Gasteiger partial charge in [0.25, 0.3) is 0 Å². The highest BCUT2D eigenvalue weighted by Crippen LogP contribution is 2.17. The summed E-state index contributed by atoms with van der Waals surface area (Å²) in [5.74, 6) is 0.829. The van der Waals surface area contributed by atoms with Gasteiger partial charge in [-0.3, -0.25) is 10.1 Å². The van der Waals surface area contributed by atoms with E-state index in [2.05, 4.69) is 26.1 Å². The number of hydrogen-bond acceptors (Lipinski definition) is 3. The molecule has 0 spiro atoms. The highest BCUT2D eigenvalue weighted by molar-refractivity contribution is 5.83. The van der Waals surface area contributed by atoms with Gasteiger partial charge in [-0.05, 0) is 32.1 Å². The van der Waals surface area contributed by atoms with Crippen LogP contribution in [-0.4, -0.2) is 42.8 Å². The third kappa shape index (κ3) is 4.58. The minimum Gasteiger partial charge on any atom is -0.381 e. The van der Waals surface area contributed by atoms with Crippen molar-refractivity contribution >= 4 is 5.91 Å². The van der Waals surface area contributed by atoms with E-state index in [0.29, 0.717) is 5.92 Å². The number of carbonyl (C=O) groups is 1. The molecule has 1 heterocycles. The fourth-order valence-corrected chi connectivity index (χ4v) is 2.34. The van der Waals surface area contributed by atoms with Crippen LogP contribution in [0.1, 0.15) is 47.0 Å². The zero-order valence-electron chi connectivity index (χ0n) is 12.2. The van der Waals surface area contributed by atoms with Crippen LogP contribution >= 0.6 is 0 Å². The zero-order valence-corrected chi connectivity index (χ0v) is 12.2. The molecular formula is C14H28N2O2. The number of nitrogens with zero attached hydrogens (tertiary/aromatic N) is 1. The van der Waals surface area contributed by atoms with Crippen molar-refractivity contribution in [2.24, 2.45) is 5.92 Å². The number of hydrogen-bond donors (Lipinski definition) is 1. The number of rotatable bonds is 8. The van der Waals surface area contributed by atoms with Gasteiger partial charge in [-0.25, -0.2) is 0 Å². The van der Waals surface area contributed by atoms with Crippen LogP contribution in [0.5, 0.6) is 0 Å². The van der Waals surface area contributed by atoms with E-state index < -0.39 is 0 Å². The van der Waals surface area contributed by atoms with Crippen LogP contribution in [-0.2, 0) is 9.53 Å². The third-order valence-corrected chi connectivity index (χ3v) is 3.20. The molecule has 1 amide bonds. The predicted molar refractivity (Wildman–Crippen MR) is 73.3 cm³/mol. The average molecular weight is 256 g/mol. The maximum atomic E-state index is 12.0. The number of nitrogens with one attached hydrogen (secondary N) is 1. The monoisotopic (exact) mass is 256 g/mol. The Bertz CT molecular complexity index is 256. The summed E-state index contributed by atoms with van der Waals surface area (Å²) >= 11 is 0. The molecule has 0 aromatic rings. The molecule has 1 rings (SSSR count). The molecule has 4 nitrogen and oxygen atoms in total. The van der Waals surface area contributed by atoms with E-state index >= 15 is 0 Å². The Morgan fingerprint density at radius 3 is 2.72 bits per heavy atom. The van der Waals surface area contributed by atoms with Gasteiger partial charge in [0.05, 0.1) is 12.2 Å². The minimum atomic E-state index is -0.0367. The molecule has 0 aromatic heterocycles. The fourth-order valence-electron chi connectivity index (χ4n) is 2.34. The van der Waals surface area contributed by atoms with Gasteiger partial charge in [-0.2, -0.15) is 0 Å². The van der Waals surface area contributed by atoms with Crippen LogP contribution in [0.15, 0.2) is 0 Å². The molecular weight excluding hydrogens is 228 g/mol. The van der Waals surface area contributed by atoms with Gasteiger partial charge in [-0.1, -0.05) is 20.8 Å². The van der Waals surface area contributed by atoms with E-state index in [4.69, 9.17) is 4.74 Å². The molecule has 1 saturated heterocycles. The first-order valence-electron chi connectivity index (χ1n) is 7.20. The van der Waals surface area contributed by atoms with Gasteiger partial charge in [0.1, 0.15) is 0 Å². The molecule has 106 valence electrons. The Balaban J connectivity index is 2.36. The second kappa shape index (κ2) is 7.74. The third-order valence-electron chi connectivity index (χ3n) is 3.20. The number of ether oxygens (including phenoxy) is 1. The van der Waals surface area contributed by atoms with E-state index in [-0.39, 0.29) is 18.1 Å². The van der Waals surface area contributed by atoms with Crippen molar-refractivity contribution in [3.05, 3.63) is 0 Å². The maximum absolute atomic E-state index is 12.0. The molecule has 0 saturated carbocycles. The van der Waals surface area contributed by atoms with Crippen molar-refractivity contribution < 1.29 is 9.53 Å². The topological polar surface area (TPSA) is 41.6 Å². The number of carbonyl (C=O) groups excluding carboxylic acids is 1. The lowest BCUT2D eigenvalue weighted by Crippen LogP contribution is -2.39. The van der Waals surface area contributed by atoms with Gasteiger partial charge in [0.15, 0.2) is 0 Å². The quantitative estimate of drug-likeness (QED) is 0.675. The summed E-state index contributed by atoms with van der Waals surface area (Å²) in [4.78, 5) is 14.0. The number of amides is 1. The molecule has 0 bridgehead atoms. The van der Waals surface area contributed by atoms with Crippen LogP contribution in [0, 0.1) is 5.92 Å². The molecule has 18 heavy (non-hydrogen) atoms. The molecule has 2 atom stereocenters. The standard InChI is InChI=1S/C14H28N2O2/c1-5-8-18-9-6-7-16-13(10-11(2)3)15-12(4)14(16)17/h11-13,15H,5-10H2,1-4H3. The van der Waals surface area contributed by atoms with E-state index in [1.165, 1.54) is 0 Å². The molecule has 1 N–H and O–H groups in total. The van der Waals surface area contributed by atoms with Crippen LogP contribution in [0.3, 0.4) is 0 Å². The van der Waals surface area contributed by atoms with Crippen molar-refractivity contribution in [2.45, 2.75) is 59.2 Å². The summed E-state index contributed by atoms with van der Waals surface area (Å²) < 4.78 is 5.46. The lowest BCUT2D eigenvalue weighted by Gasteiger charge is -2.25. The van der Waals surface area contributed by atoms with Gasteiger partial charge in [0, 0.05) is 19.8 Å². The highest BCUT2D eigenvalue weighted by Gasteiger charge is 2.35. The maximum Gasteiger partial charge on any atom is 0.240 e. The van der Waals surface area contributed by atoms with Crippen molar-refractivity contribution in [1.29, 1.82) is 0 Å². The predicted octanol–water partition coefficient (Wildman–Crippen LogP) is 2.00. The lowest BCUT2D eigenvalue weighted by atomic mass is 10.1. The molecule has 4 heteroatoms. The summed E-state index contributed by atoms with van der Waals surface area (Å²) in [6.45, 7) is 10.8. The Morgan fingerprint density at radius 2 is 2.11 bits per heavy atom. The summed E-state index contributed by atoms with van der Waals surface area (Å²) in [5.41, 5.74) is 0. The highest BCUT2D eigenvalue weighted by atomic mass is 16.5. The van der Waals surface area contributed by atoms with Crippen molar-refractivity contribution in [2.75, 3.05) is 19.8 Å². The van der Waals surface area contributed by atoms with Crippen LogP contribution in [0.4, 0.5) is 0 Å². The Kier molecular flexibility index (Phi) is 6.65. The average Bonchev–Trinajstić information content (AvgIpc) is 2.55. The largest absolute Gasteiger partial charge is 0.381 e. The molecule has 2 unspecified atom stereocenters. The normalized spacial score (nSPS) is 24.3. The minimum absolute atomic E-state index is 0.0367. The van der Waals surface area contributed by atoms with Crippen LogP contribution in [0.25, 0.3) is 0 Å². The molecule has 0 aliphatic carbocycles. The summed E-state index contributed by atoms with van der Waals surface area (Å²) in [6.07, 6.45) is 3.20. The summed E-state index contributed by atoms with van der Waals surface area (Å²) in [6, 6.07) is -0.0367. The molecule has 1 fully saturated rings. The molecule has 1 aliphatic rings. The van der Waals surface area contributed by atoms with Gasteiger partial charge < -0.3 is 9.64 Å². The first-order chi connectivity index (χ1) is 8.56. The van der Waals surface area contributed by atoms with Gasteiger partial charge in [0.2, 0.25) is 5.91 Å². The van der Waals surface area contributed by atoms with Gasteiger partial charge in [-0.15, -0.1) is 0 Å². The second-order valence-electron chi connectivity index (χ2n) is 5.53.